The minimum absolute atomic E-state index is 0.0802. The lowest BCUT2D eigenvalue weighted by atomic mass is 10.0. The molecule has 1 N–H and O–H groups in total. The minimum Gasteiger partial charge on any atom is -0.325 e. The molecule has 5 rings (SSSR count). The highest BCUT2D eigenvalue weighted by Gasteiger charge is 2.52. The summed E-state index contributed by atoms with van der Waals surface area (Å²) in [7, 11) is 0. The zero-order valence-electron chi connectivity index (χ0n) is 15.4. The molecule has 0 radical (unpaired) electrons. The third-order valence-corrected chi connectivity index (χ3v) is 7.46. The van der Waals surface area contributed by atoms with E-state index in [1.807, 2.05) is 28.5 Å². The van der Waals surface area contributed by atoms with E-state index in [-0.39, 0.29) is 23.1 Å². The molecule has 5 heteroatoms. The molecule has 140 valence electrons. The summed E-state index contributed by atoms with van der Waals surface area (Å²) in [6.45, 7) is 0.765. The van der Waals surface area contributed by atoms with Crippen molar-refractivity contribution in [2.45, 2.75) is 50.4 Å². The van der Waals surface area contributed by atoms with Gasteiger partial charge >= 0.3 is 0 Å². The van der Waals surface area contributed by atoms with Crippen molar-refractivity contribution in [2.75, 3.05) is 16.8 Å². The summed E-state index contributed by atoms with van der Waals surface area (Å²) in [6, 6.07) is 10.1. The van der Waals surface area contributed by atoms with Gasteiger partial charge in [-0.25, -0.2) is 0 Å². The first-order valence-electron chi connectivity index (χ1n) is 9.97. The topological polar surface area (TPSA) is 49.4 Å². The summed E-state index contributed by atoms with van der Waals surface area (Å²) < 4.78 is 0. The Labute approximate surface area is 163 Å². The Hall–Kier alpha value is -2.14. The van der Waals surface area contributed by atoms with Crippen LogP contribution < -0.4 is 10.2 Å². The maximum Gasteiger partial charge on any atom is 0.235 e. The van der Waals surface area contributed by atoms with E-state index in [9.17, 15) is 9.59 Å². The lowest BCUT2D eigenvalue weighted by Gasteiger charge is -2.22. The Morgan fingerprint density at radius 2 is 1.96 bits per heavy atom. The fourth-order valence-electron chi connectivity index (χ4n) is 4.59. The molecule has 0 bridgehead atoms. The molecule has 4 nitrogen and oxygen atoms in total. The smallest absolute Gasteiger partial charge is 0.235 e. The second-order valence-electron chi connectivity index (χ2n) is 8.08. The van der Waals surface area contributed by atoms with E-state index in [2.05, 4.69) is 17.4 Å². The number of nitrogens with one attached hydrogen (secondary N) is 1. The van der Waals surface area contributed by atoms with Gasteiger partial charge in [-0.1, -0.05) is 25.0 Å². The van der Waals surface area contributed by atoms with Crippen LogP contribution in [0.2, 0.25) is 0 Å². The number of hydrogen-bond donors (Lipinski definition) is 1. The Morgan fingerprint density at radius 1 is 1.15 bits per heavy atom. The van der Waals surface area contributed by atoms with E-state index >= 15 is 0 Å². The van der Waals surface area contributed by atoms with E-state index in [1.54, 1.807) is 11.3 Å². The van der Waals surface area contributed by atoms with Crippen molar-refractivity contribution in [3.63, 3.8) is 0 Å². The fraction of sp³-hybridized carbons (Fsp3) is 0.455. The van der Waals surface area contributed by atoms with E-state index < -0.39 is 0 Å². The van der Waals surface area contributed by atoms with Crippen molar-refractivity contribution in [1.29, 1.82) is 0 Å². The summed E-state index contributed by atoms with van der Waals surface area (Å²) in [4.78, 5) is 28.9. The van der Waals surface area contributed by atoms with Crippen LogP contribution in [0.5, 0.6) is 0 Å². The molecule has 1 aromatic heterocycles. The van der Waals surface area contributed by atoms with Crippen molar-refractivity contribution < 1.29 is 9.59 Å². The normalized spacial score (nSPS) is 20.5. The molecule has 27 heavy (non-hydrogen) atoms. The number of hydrogen-bond acceptors (Lipinski definition) is 3. The van der Waals surface area contributed by atoms with Crippen molar-refractivity contribution in [3.8, 4) is 0 Å². The Bertz CT molecular complexity index is 880. The molecule has 0 atom stereocenters. The summed E-state index contributed by atoms with van der Waals surface area (Å²) in [5.74, 6) is 0.534. The first-order valence-corrected chi connectivity index (χ1v) is 10.9. The van der Waals surface area contributed by atoms with Crippen molar-refractivity contribution >= 4 is 34.5 Å². The molecule has 2 amide bonds. The van der Waals surface area contributed by atoms with Crippen molar-refractivity contribution in [1.82, 2.24) is 0 Å². The van der Waals surface area contributed by atoms with E-state index in [4.69, 9.17) is 0 Å². The molecule has 1 aliphatic heterocycles. The van der Waals surface area contributed by atoms with Crippen LogP contribution in [0.15, 0.2) is 35.7 Å². The van der Waals surface area contributed by atoms with Crippen LogP contribution in [0.1, 0.15) is 49.0 Å². The molecule has 2 saturated carbocycles. The first kappa shape index (κ1) is 17.0. The van der Waals surface area contributed by atoms with Gasteiger partial charge in [0, 0.05) is 28.7 Å². The highest BCUT2D eigenvalue weighted by atomic mass is 32.1. The summed E-state index contributed by atoms with van der Waals surface area (Å²) >= 11 is 1.66. The van der Waals surface area contributed by atoms with Gasteiger partial charge in [0.25, 0.3) is 0 Å². The molecule has 2 fully saturated rings. The SMILES string of the molecule is O=C(C1CCCC1)N1CCc2ccc(NC(=O)C3(c4cccs4)CC3)cc21. The van der Waals surface area contributed by atoms with Crippen LogP contribution in [-0.2, 0) is 21.4 Å². The highest BCUT2D eigenvalue weighted by molar-refractivity contribution is 7.10. The third kappa shape index (κ3) is 2.89. The number of carbonyl (C=O) groups is 2. The van der Waals surface area contributed by atoms with Crippen LogP contribution in [0.3, 0.4) is 0 Å². The number of amides is 2. The predicted molar refractivity (Wildman–Crippen MR) is 108 cm³/mol. The Morgan fingerprint density at radius 3 is 2.67 bits per heavy atom. The first-order chi connectivity index (χ1) is 13.2. The monoisotopic (exact) mass is 380 g/mol. The summed E-state index contributed by atoms with van der Waals surface area (Å²) in [5, 5.41) is 5.15. The number of thiophene rings is 1. The zero-order valence-corrected chi connectivity index (χ0v) is 16.2. The Balaban J connectivity index is 1.36. The molecular formula is C22H24N2O2S. The highest BCUT2D eigenvalue weighted by Crippen LogP contribution is 2.50. The standard InChI is InChI=1S/C22H24N2O2S/c25-20(16-4-1-2-5-16)24-12-9-15-7-8-17(14-18(15)24)23-21(26)22(10-11-22)19-6-3-13-27-19/h3,6-8,13-14,16H,1-2,4-5,9-12H2,(H,23,26). The number of anilines is 2. The van der Waals surface area contributed by atoms with E-state index in [0.717, 1.165) is 67.7 Å². The van der Waals surface area contributed by atoms with Crippen molar-refractivity contribution in [2.24, 2.45) is 5.92 Å². The fourth-order valence-corrected chi connectivity index (χ4v) is 5.57. The second-order valence-corrected chi connectivity index (χ2v) is 9.03. The molecular weight excluding hydrogens is 356 g/mol. The quantitative estimate of drug-likeness (QED) is 0.849. The van der Waals surface area contributed by atoms with Gasteiger partial charge in [-0.2, -0.15) is 0 Å². The molecule has 2 aliphatic carbocycles. The molecule has 2 heterocycles. The van der Waals surface area contributed by atoms with Gasteiger partial charge in [0.1, 0.15) is 0 Å². The number of fused-ring (bicyclic) bond motifs is 1. The average molecular weight is 381 g/mol. The molecule has 1 aromatic carbocycles. The minimum atomic E-state index is -0.341. The number of benzene rings is 1. The van der Waals surface area contributed by atoms with Gasteiger partial charge in [0.2, 0.25) is 11.8 Å². The predicted octanol–water partition coefficient (Wildman–Crippen LogP) is 4.50. The molecule has 0 unspecified atom stereocenters. The zero-order chi connectivity index (χ0) is 18.4. The van der Waals surface area contributed by atoms with Gasteiger partial charge in [0.15, 0.2) is 0 Å². The second kappa shape index (κ2) is 6.48. The molecule has 0 spiro atoms. The largest absolute Gasteiger partial charge is 0.325 e. The molecule has 0 saturated heterocycles. The number of nitrogens with zero attached hydrogens (tertiary/aromatic N) is 1. The average Bonchev–Trinajstić information content (AvgIpc) is 3.12. The lowest BCUT2D eigenvalue weighted by Crippen LogP contribution is -2.33. The maximum absolute atomic E-state index is 12.9. The number of carbonyl (C=O) groups excluding carboxylic acids is 2. The summed E-state index contributed by atoms with van der Waals surface area (Å²) in [5.41, 5.74) is 2.66. The van der Waals surface area contributed by atoms with Crippen LogP contribution in [0, 0.1) is 5.92 Å². The summed E-state index contributed by atoms with van der Waals surface area (Å²) in [6.07, 6.45) is 7.10. The van der Waals surface area contributed by atoms with Crippen molar-refractivity contribution in [3.05, 3.63) is 46.2 Å². The van der Waals surface area contributed by atoms with Gasteiger partial charge in [0.05, 0.1) is 5.41 Å². The molecule has 3 aliphatic rings. The number of rotatable bonds is 4. The van der Waals surface area contributed by atoms with Gasteiger partial charge in [-0.3, -0.25) is 9.59 Å². The third-order valence-electron chi connectivity index (χ3n) is 6.39. The van der Waals surface area contributed by atoms with Crippen LogP contribution in [0.25, 0.3) is 0 Å². The van der Waals surface area contributed by atoms with Gasteiger partial charge < -0.3 is 10.2 Å². The molecule has 2 aromatic rings. The van der Waals surface area contributed by atoms with E-state index in [0.29, 0.717) is 0 Å². The van der Waals surface area contributed by atoms with Gasteiger partial charge in [-0.15, -0.1) is 11.3 Å². The van der Waals surface area contributed by atoms with Crippen LogP contribution in [0.4, 0.5) is 11.4 Å². The van der Waals surface area contributed by atoms with Crippen LogP contribution >= 0.6 is 11.3 Å². The maximum atomic E-state index is 12.9. The lowest BCUT2D eigenvalue weighted by molar-refractivity contribution is -0.122. The Kier molecular flexibility index (Phi) is 4.08. The van der Waals surface area contributed by atoms with E-state index in [1.165, 1.54) is 5.56 Å². The van der Waals surface area contributed by atoms with Gasteiger partial charge in [-0.05, 0) is 61.2 Å². The van der Waals surface area contributed by atoms with Crippen LogP contribution in [-0.4, -0.2) is 18.4 Å².